The molecule has 1 aliphatic heterocycles. The second-order valence-corrected chi connectivity index (χ2v) is 7.43. The third-order valence-electron chi connectivity index (χ3n) is 5.59. The fraction of sp³-hybridized carbons (Fsp3) is 0.318. The largest absolute Gasteiger partial charge is 0.346 e. The first-order valence-electron chi connectivity index (χ1n) is 9.65. The Kier molecular flexibility index (Phi) is 4.86. The highest BCUT2D eigenvalue weighted by Gasteiger charge is 2.36. The van der Waals surface area contributed by atoms with Gasteiger partial charge in [-0.3, -0.25) is 0 Å². The SMILES string of the molecule is CC1=NN(C(=O)N[C@@H](C)c2ccccc2)C(C)C1Cc1c[nH]c2ncccc12. The smallest absolute Gasteiger partial charge is 0.338 e. The van der Waals surface area contributed by atoms with Crippen molar-refractivity contribution in [3.8, 4) is 0 Å². The van der Waals surface area contributed by atoms with Gasteiger partial charge in [-0.1, -0.05) is 30.3 Å². The topological polar surface area (TPSA) is 73.4 Å². The second kappa shape index (κ2) is 7.46. The molecule has 6 heteroatoms. The molecule has 0 bridgehead atoms. The Bertz CT molecular complexity index is 1010. The van der Waals surface area contributed by atoms with Crippen LogP contribution < -0.4 is 5.32 Å². The molecular formula is C22H25N5O. The van der Waals surface area contributed by atoms with Crippen LogP contribution in [-0.2, 0) is 6.42 Å². The molecule has 2 N–H and O–H groups in total. The average Bonchev–Trinajstić information content (AvgIpc) is 3.25. The predicted octanol–water partition coefficient (Wildman–Crippen LogP) is 4.27. The van der Waals surface area contributed by atoms with Crippen molar-refractivity contribution in [1.29, 1.82) is 0 Å². The minimum absolute atomic E-state index is 0.00963. The third kappa shape index (κ3) is 3.38. The van der Waals surface area contributed by atoms with Gasteiger partial charge in [0.1, 0.15) is 5.65 Å². The van der Waals surface area contributed by atoms with Gasteiger partial charge in [-0.15, -0.1) is 0 Å². The zero-order valence-electron chi connectivity index (χ0n) is 16.4. The van der Waals surface area contributed by atoms with Crippen molar-refractivity contribution in [3.63, 3.8) is 0 Å². The molecule has 2 amide bonds. The lowest BCUT2D eigenvalue weighted by molar-refractivity contribution is 0.178. The lowest BCUT2D eigenvalue weighted by Gasteiger charge is -2.25. The van der Waals surface area contributed by atoms with Gasteiger partial charge >= 0.3 is 6.03 Å². The molecule has 0 fully saturated rings. The lowest BCUT2D eigenvalue weighted by Crippen LogP contribution is -2.42. The number of hydrogen-bond acceptors (Lipinski definition) is 3. The lowest BCUT2D eigenvalue weighted by atomic mass is 9.90. The molecule has 0 saturated carbocycles. The molecule has 3 aromatic rings. The first kappa shape index (κ1) is 18.2. The number of carbonyl (C=O) groups excluding carboxylic acids is 1. The Balaban J connectivity index is 1.47. The fourth-order valence-corrected chi connectivity index (χ4v) is 3.90. The monoisotopic (exact) mass is 375 g/mol. The normalized spacial score (nSPS) is 20.2. The van der Waals surface area contributed by atoms with Crippen LogP contribution >= 0.6 is 0 Å². The maximum absolute atomic E-state index is 12.8. The van der Waals surface area contributed by atoms with Crippen LogP contribution in [0.4, 0.5) is 4.79 Å². The van der Waals surface area contributed by atoms with Crippen LogP contribution in [0.15, 0.2) is 60.0 Å². The summed E-state index contributed by atoms with van der Waals surface area (Å²) in [6.45, 7) is 6.05. The summed E-state index contributed by atoms with van der Waals surface area (Å²) in [5.41, 5.74) is 4.15. The summed E-state index contributed by atoms with van der Waals surface area (Å²) in [4.78, 5) is 20.4. The summed E-state index contributed by atoms with van der Waals surface area (Å²) in [5.74, 6) is 0.178. The quantitative estimate of drug-likeness (QED) is 0.715. The van der Waals surface area contributed by atoms with Crippen LogP contribution in [0.25, 0.3) is 11.0 Å². The van der Waals surface area contributed by atoms with Crippen molar-refractivity contribution in [2.24, 2.45) is 11.0 Å². The Labute approximate surface area is 164 Å². The number of H-pyrrole nitrogens is 1. The molecule has 1 aromatic carbocycles. The van der Waals surface area contributed by atoms with Gasteiger partial charge in [0.2, 0.25) is 0 Å². The molecule has 3 heterocycles. The van der Waals surface area contributed by atoms with E-state index in [0.717, 1.165) is 28.7 Å². The maximum Gasteiger partial charge on any atom is 0.338 e. The number of urea groups is 1. The van der Waals surface area contributed by atoms with E-state index in [1.807, 2.05) is 56.4 Å². The summed E-state index contributed by atoms with van der Waals surface area (Å²) < 4.78 is 0. The van der Waals surface area contributed by atoms with Gasteiger partial charge in [-0.25, -0.2) is 14.8 Å². The van der Waals surface area contributed by atoms with Crippen molar-refractivity contribution in [2.75, 3.05) is 0 Å². The van der Waals surface area contributed by atoms with E-state index in [1.54, 1.807) is 11.2 Å². The van der Waals surface area contributed by atoms with Crippen LogP contribution in [0.1, 0.15) is 37.9 Å². The Morgan fingerprint density at radius 3 is 2.82 bits per heavy atom. The number of fused-ring (bicyclic) bond motifs is 1. The zero-order valence-corrected chi connectivity index (χ0v) is 16.4. The number of hydrogen-bond donors (Lipinski definition) is 2. The van der Waals surface area contributed by atoms with Crippen molar-refractivity contribution in [3.05, 3.63) is 66.0 Å². The molecule has 2 unspecified atom stereocenters. The molecule has 28 heavy (non-hydrogen) atoms. The van der Waals surface area contributed by atoms with Gasteiger partial charge in [-0.2, -0.15) is 5.10 Å². The van der Waals surface area contributed by atoms with E-state index >= 15 is 0 Å². The highest BCUT2D eigenvalue weighted by Crippen LogP contribution is 2.28. The number of amides is 2. The van der Waals surface area contributed by atoms with Crippen LogP contribution in [0.5, 0.6) is 0 Å². The van der Waals surface area contributed by atoms with Crippen molar-refractivity contribution in [2.45, 2.75) is 39.3 Å². The molecule has 0 radical (unpaired) electrons. The molecule has 0 aliphatic carbocycles. The Morgan fingerprint density at radius 1 is 1.25 bits per heavy atom. The van der Waals surface area contributed by atoms with Gasteiger partial charge < -0.3 is 10.3 Å². The molecule has 3 atom stereocenters. The Hall–Kier alpha value is -3.15. The van der Waals surface area contributed by atoms with Crippen LogP contribution in [0.3, 0.4) is 0 Å². The minimum Gasteiger partial charge on any atom is -0.346 e. The standard InChI is InChI=1S/C22H25N5O/c1-14(17-8-5-4-6-9-17)25-22(28)27-16(3)20(15(2)26-27)12-18-13-24-21-19(18)10-7-11-23-21/h4-11,13-14,16,20H,12H2,1-3H3,(H,23,24)(H,25,28)/t14-,16?,20?/m0/s1. The van der Waals surface area contributed by atoms with Crippen molar-refractivity contribution >= 4 is 22.8 Å². The van der Waals surface area contributed by atoms with E-state index in [4.69, 9.17) is 0 Å². The second-order valence-electron chi connectivity index (χ2n) is 7.43. The van der Waals surface area contributed by atoms with E-state index in [9.17, 15) is 4.79 Å². The summed E-state index contributed by atoms with van der Waals surface area (Å²) in [6, 6.07) is 13.7. The number of rotatable bonds is 4. The molecular weight excluding hydrogens is 350 g/mol. The summed E-state index contributed by atoms with van der Waals surface area (Å²) in [6.07, 6.45) is 4.62. The van der Waals surface area contributed by atoms with E-state index in [2.05, 4.69) is 33.4 Å². The molecule has 2 aromatic heterocycles. The first-order valence-corrected chi connectivity index (χ1v) is 9.65. The Morgan fingerprint density at radius 2 is 2.04 bits per heavy atom. The average molecular weight is 375 g/mol. The number of benzene rings is 1. The molecule has 144 valence electrons. The maximum atomic E-state index is 12.8. The van der Waals surface area contributed by atoms with Gasteiger partial charge in [0.05, 0.1) is 12.1 Å². The van der Waals surface area contributed by atoms with Crippen molar-refractivity contribution in [1.82, 2.24) is 20.3 Å². The number of pyridine rings is 1. The van der Waals surface area contributed by atoms with Crippen molar-refractivity contribution < 1.29 is 4.79 Å². The summed E-state index contributed by atoms with van der Waals surface area (Å²) in [7, 11) is 0. The van der Waals surface area contributed by atoms with Crippen LogP contribution in [-0.4, -0.2) is 32.8 Å². The van der Waals surface area contributed by atoms with Gasteiger partial charge in [0.25, 0.3) is 0 Å². The van der Waals surface area contributed by atoms with E-state index in [1.165, 1.54) is 5.56 Å². The highest BCUT2D eigenvalue weighted by atomic mass is 16.2. The van der Waals surface area contributed by atoms with E-state index in [-0.39, 0.29) is 24.0 Å². The molecule has 4 rings (SSSR count). The molecule has 0 saturated heterocycles. The number of nitrogens with one attached hydrogen (secondary N) is 2. The first-order chi connectivity index (χ1) is 13.5. The zero-order chi connectivity index (χ0) is 19.7. The minimum atomic E-state index is -0.161. The van der Waals surface area contributed by atoms with Gasteiger partial charge in [0, 0.05) is 29.4 Å². The highest BCUT2D eigenvalue weighted by molar-refractivity contribution is 5.90. The van der Waals surface area contributed by atoms with Crippen LogP contribution in [0, 0.1) is 5.92 Å². The molecule has 6 nitrogen and oxygen atoms in total. The number of hydrazone groups is 1. The predicted molar refractivity (Wildman–Crippen MR) is 111 cm³/mol. The third-order valence-corrected chi connectivity index (χ3v) is 5.59. The summed E-state index contributed by atoms with van der Waals surface area (Å²) in [5, 5.41) is 10.3. The van der Waals surface area contributed by atoms with Gasteiger partial charge in [0.15, 0.2) is 0 Å². The fourth-order valence-electron chi connectivity index (χ4n) is 3.90. The van der Waals surface area contributed by atoms with E-state index in [0.29, 0.717) is 0 Å². The number of nitrogens with zero attached hydrogens (tertiary/aromatic N) is 3. The van der Waals surface area contributed by atoms with Gasteiger partial charge in [-0.05, 0) is 50.5 Å². The number of aromatic amines is 1. The van der Waals surface area contributed by atoms with Crippen LogP contribution in [0.2, 0.25) is 0 Å². The molecule has 1 aliphatic rings. The number of carbonyl (C=O) groups is 1. The number of aromatic nitrogens is 2. The molecule has 0 spiro atoms. The van der Waals surface area contributed by atoms with E-state index < -0.39 is 0 Å². The summed E-state index contributed by atoms with van der Waals surface area (Å²) >= 11 is 0.